The largest absolute Gasteiger partial charge is 0.435 e. The van der Waals surface area contributed by atoms with Gasteiger partial charge in [0.25, 0.3) is 0 Å². The number of hydrogen-bond acceptors (Lipinski definition) is 2. The second-order valence-corrected chi connectivity index (χ2v) is 4.64. The summed E-state index contributed by atoms with van der Waals surface area (Å²) in [5.41, 5.74) is 2.26. The van der Waals surface area contributed by atoms with Crippen molar-refractivity contribution in [3.63, 3.8) is 0 Å². The molecule has 0 amide bonds. The zero-order chi connectivity index (χ0) is 14.3. The highest BCUT2D eigenvalue weighted by Crippen LogP contribution is 2.17. The predicted octanol–water partition coefficient (Wildman–Crippen LogP) is 4.08. The Kier molecular flexibility index (Phi) is 6.50. The van der Waals surface area contributed by atoms with Gasteiger partial charge >= 0.3 is 6.61 Å². The maximum Gasteiger partial charge on any atom is 0.387 e. The van der Waals surface area contributed by atoms with Crippen LogP contribution in [0.2, 0.25) is 0 Å². The molecule has 1 rings (SSSR count). The molecule has 0 unspecified atom stereocenters. The summed E-state index contributed by atoms with van der Waals surface area (Å²) in [4.78, 5) is 0. The van der Waals surface area contributed by atoms with E-state index in [1.165, 1.54) is 5.57 Å². The number of nitrogens with one attached hydrogen (secondary N) is 1. The molecule has 0 aliphatic heterocycles. The van der Waals surface area contributed by atoms with Crippen molar-refractivity contribution >= 4 is 6.08 Å². The molecule has 0 saturated carbocycles. The summed E-state index contributed by atoms with van der Waals surface area (Å²) >= 11 is 0. The van der Waals surface area contributed by atoms with Crippen LogP contribution in [-0.2, 0) is 0 Å². The molecule has 0 aromatic heterocycles. The van der Waals surface area contributed by atoms with Crippen LogP contribution in [-0.4, -0.2) is 19.2 Å². The van der Waals surface area contributed by atoms with Gasteiger partial charge in [-0.25, -0.2) is 0 Å². The van der Waals surface area contributed by atoms with Crippen molar-refractivity contribution in [3.05, 3.63) is 35.4 Å². The first-order valence-electron chi connectivity index (χ1n) is 6.49. The lowest BCUT2D eigenvalue weighted by molar-refractivity contribution is -0.0498. The van der Waals surface area contributed by atoms with Crippen molar-refractivity contribution < 1.29 is 13.5 Å². The second kappa shape index (κ2) is 7.89. The van der Waals surface area contributed by atoms with Crippen LogP contribution in [0.1, 0.15) is 32.8 Å². The smallest absolute Gasteiger partial charge is 0.387 e. The molecule has 0 aliphatic carbocycles. The summed E-state index contributed by atoms with van der Waals surface area (Å²) in [5, 5.41) is 3.36. The lowest BCUT2D eigenvalue weighted by Crippen LogP contribution is -2.24. The van der Waals surface area contributed by atoms with Crippen molar-refractivity contribution in [2.24, 2.45) is 0 Å². The summed E-state index contributed by atoms with van der Waals surface area (Å²) < 4.78 is 28.4. The maximum atomic E-state index is 12.0. The zero-order valence-corrected chi connectivity index (χ0v) is 11.6. The van der Waals surface area contributed by atoms with E-state index in [0.29, 0.717) is 6.04 Å². The molecule has 0 spiro atoms. The van der Waals surface area contributed by atoms with Crippen LogP contribution in [0.4, 0.5) is 8.78 Å². The van der Waals surface area contributed by atoms with E-state index >= 15 is 0 Å². The fraction of sp³-hybridized carbons (Fsp3) is 0.467. The van der Waals surface area contributed by atoms with E-state index in [9.17, 15) is 8.78 Å². The van der Waals surface area contributed by atoms with Gasteiger partial charge < -0.3 is 10.1 Å². The molecule has 1 aromatic rings. The molecule has 0 saturated heterocycles. The molecule has 2 nitrogen and oxygen atoms in total. The predicted molar refractivity (Wildman–Crippen MR) is 74.5 cm³/mol. The molecule has 106 valence electrons. The molecule has 0 bridgehead atoms. The topological polar surface area (TPSA) is 21.3 Å². The summed E-state index contributed by atoms with van der Waals surface area (Å²) in [5.74, 6) is 0.186. The first-order valence-corrected chi connectivity index (χ1v) is 6.49. The Morgan fingerprint density at radius 2 is 1.89 bits per heavy atom. The first kappa shape index (κ1) is 15.6. The van der Waals surface area contributed by atoms with E-state index in [4.69, 9.17) is 0 Å². The summed E-state index contributed by atoms with van der Waals surface area (Å²) in [7, 11) is 0. The van der Waals surface area contributed by atoms with Crippen molar-refractivity contribution in [3.8, 4) is 5.75 Å². The third-order valence-electron chi connectivity index (χ3n) is 2.67. The van der Waals surface area contributed by atoms with Gasteiger partial charge in [0.1, 0.15) is 5.75 Å². The van der Waals surface area contributed by atoms with Crippen LogP contribution in [0.15, 0.2) is 29.8 Å². The molecular weight excluding hydrogens is 248 g/mol. The van der Waals surface area contributed by atoms with Gasteiger partial charge in [-0.3, -0.25) is 0 Å². The Bertz CT molecular complexity index is 399. The van der Waals surface area contributed by atoms with Crippen LogP contribution in [0.5, 0.6) is 5.75 Å². The molecule has 0 aliphatic rings. The average Bonchev–Trinajstić information content (AvgIpc) is 2.35. The molecular formula is C15H21F2NO. The van der Waals surface area contributed by atoms with Gasteiger partial charge in [0.05, 0.1) is 0 Å². The standard InChI is InChI=1S/C15H21F2NO/c1-4-12(10-18-11(2)3)9-13-5-7-14(8-6-13)19-15(16)17/h5-9,11,15,18H,4,10H2,1-3H3. The minimum absolute atomic E-state index is 0.186. The molecule has 0 atom stereocenters. The van der Waals surface area contributed by atoms with Gasteiger partial charge in [-0.2, -0.15) is 8.78 Å². The zero-order valence-electron chi connectivity index (χ0n) is 11.6. The summed E-state index contributed by atoms with van der Waals surface area (Å²) in [6.45, 7) is 4.36. The number of rotatable bonds is 7. The highest BCUT2D eigenvalue weighted by Gasteiger charge is 2.03. The van der Waals surface area contributed by atoms with Crippen molar-refractivity contribution in [2.45, 2.75) is 39.8 Å². The summed E-state index contributed by atoms with van der Waals surface area (Å²) in [6.07, 6.45) is 3.02. The number of hydrogen-bond donors (Lipinski definition) is 1. The lowest BCUT2D eigenvalue weighted by Gasteiger charge is -2.10. The number of alkyl halides is 2. The molecule has 19 heavy (non-hydrogen) atoms. The fourth-order valence-corrected chi connectivity index (χ4v) is 1.59. The normalized spacial score (nSPS) is 12.3. The Hall–Kier alpha value is -1.42. The van der Waals surface area contributed by atoms with E-state index in [1.54, 1.807) is 24.3 Å². The summed E-state index contributed by atoms with van der Waals surface area (Å²) in [6, 6.07) is 7.12. The maximum absolute atomic E-state index is 12.0. The first-order chi connectivity index (χ1) is 9.01. The minimum atomic E-state index is -2.78. The lowest BCUT2D eigenvalue weighted by atomic mass is 10.1. The minimum Gasteiger partial charge on any atom is -0.435 e. The fourth-order valence-electron chi connectivity index (χ4n) is 1.59. The van der Waals surface area contributed by atoms with Crippen molar-refractivity contribution in [1.29, 1.82) is 0 Å². The van der Waals surface area contributed by atoms with Crippen molar-refractivity contribution in [2.75, 3.05) is 6.54 Å². The highest BCUT2D eigenvalue weighted by atomic mass is 19.3. The Morgan fingerprint density at radius 3 is 2.37 bits per heavy atom. The number of ether oxygens (including phenoxy) is 1. The third-order valence-corrected chi connectivity index (χ3v) is 2.67. The second-order valence-electron chi connectivity index (χ2n) is 4.64. The van der Waals surface area contributed by atoms with E-state index in [2.05, 4.69) is 36.9 Å². The molecule has 0 radical (unpaired) electrons. The van der Waals surface area contributed by atoms with Gasteiger partial charge in [-0.15, -0.1) is 0 Å². The third kappa shape index (κ3) is 6.34. The van der Waals surface area contributed by atoms with Gasteiger partial charge in [-0.1, -0.05) is 44.6 Å². The Morgan fingerprint density at radius 1 is 1.26 bits per heavy atom. The van der Waals surface area contributed by atoms with E-state index < -0.39 is 6.61 Å². The average molecular weight is 269 g/mol. The highest BCUT2D eigenvalue weighted by molar-refractivity contribution is 5.54. The number of halogens is 2. The number of benzene rings is 1. The quantitative estimate of drug-likeness (QED) is 0.805. The van der Waals surface area contributed by atoms with Gasteiger partial charge in [0.2, 0.25) is 0 Å². The van der Waals surface area contributed by atoms with Crippen LogP contribution in [0.25, 0.3) is 6.08 Å². The van der Waals surface area contributed by atoms with Gasteiger partial charge in [0, 0.05) is 12.6 Å². The van der Waals surface area contributed by atoms with Crippen molar-refractivity contribution in [1.82, 2.24) is 5.32 Å². The Balaban J connectivity index is 2.67. The molecule has 1 aromatic carbocycles. The molecule has 4 heteroatoms. The van der Waals surface area contributed by atoms with E-state index in [1.807, 2.05) is 0 Å². The van der Waals surface area contributed by atoms with E-state index in [-0.39, 0.29) is 5.75 Å². The van der Waals surface area contributed by atoms with Crippen LogP contribution in [0, 0.1) is 0 Å². The van der Waals surface area contributed by atoms with E-state index in [0.717, 1.165) is 18.5 Å². The molecule has 0 fully saturated rings. The van der Waals surface area contributed by atoms with Crippen LogP contribution < -0.4 is 10.1 Å². The van der Waals surface area contributed by atoms with Crippen LogP contribution >= 0.6 is 0 Å². The molecule has 0 heterocycles. The Labute approximate surface area is 113 Å². The van der Waals surface area contributed by atoms with Crippen LogP contribution in [0.3, 0.4) is 0 Å². The monoisotopic (exact) mass is 269 g/mol. The molecule has 1 N–H and O–H groups in total. The SMILES string of the molecule is CCC(=Cc1ccc(OC(F)F)cc1)CNC(C)C. The van der Waals surface area contributed by atoms with Gasteiger partial charge in [0.15, 0.2) is 0 Å². The van der Waals surface area contributed by atoms with Gasteiger partial charge in [-0.05, 0) is 24.1 Å².